The van der Waals surface area contributed by atoms with E-state index in [-0.39, 0.29) is 23.8 Å². The third-order valence-electron chi connectivity index (χ3n) is 5.78. The summed E-state index contributed by atoms with van der Waals surface area (Å²) >= 11 is 0. The molecule has 0 fully saturated rings. The van der Waals surface area contributed by atoms with Crippen molar-refractivity contribution in [2.45, 2.75) is 50.5 Å². The smallest absolute Gasteiger partial charge is 0.240 e. The van der Waals surface area contributed by atoms with Crippen molar-refractivity contribution >= 4 is 27.0 Å². The molecule has 3 aromatic rings. The number of fused-ring (bicyclic) bond motifs is 2. The van der Waals surface area contributed by atoms with Crippen molar-refractivity contribution in [3.63, 3.8) is 0 Å². The monoisotopic (exact) mass is 440 g/mol. The van der Waals surface area contributed by atoms with Crippen LogP contribution in [0.2, 0.25) is 0 Å². The van der Waals surface area contributed by atoms with Crippen molar-refractivity contribution in [1.82, 2.24) is 19.6 Å². The van der Waals surface area contributed by atoms with Crippen molar-refractivity contribution in [2.24, 2.45) is 0 Å². The van der Waals surface area contributed by atoms with Crippen molar-refractivity contribution < 1.29 is 13.2 Å². The highest BCUT2D eigenvalue weighted by atomic mass is 32.2. The van der Waals surface area contributed by atoms with E-state index >= 15 is 0 Å². The summed E-state index contributed by atoms with van der Waals surface area (Å²) < 4.78 is 29.8. The van der Waals surface area contributed by atoms with Gasteiger partial charge in [-0.05, 0) is 68.0 Å². The highest BCUT2D eigenvalue weighted by Gasteiger charge is 2.18. The van der Waals surface area contributed by atoms with Gasteiger partial charge in [-0.1, -0.05) is 18.2 Å². The standard InChI is InChI=1S/C23H28N4O3S/c1-17-26-21-8-4-5-9-22(21)27(17)15-14-24-23(28)12-13-25-31(29,30)20-11-10-18-6-2-3-7-19(18)16-20/h4-5,8-11,16,25H,2-3,6-7,12-15H2,1H3,(H,24,28). The molecule has 0 saturated carbocycles. The predicted molar refractivity (Wildman–Crippen MR) is 120 cm³/mol. The Morgan fingerprint density at radius 3 is 2.68 bits per heavy atom. The van der Waals surface area contributed by atoms with E-state index in [0.29, 0.717) is 13.1 Å². The van der Waals surface area contributed by atoms with Crippen LogP contribution in [0, 0.1) is 6.92 Å². The minimum Gasteiger partial charge on any atom is -0.354 e. The number of aryl methyl sites for hydroxylation is 3. The third-order valence-corrected chi connectivity index (χ3v) is 7.24. The molecule has 0 spiro atoms. The van der Waals surface area contributed by atoms with Crippen LogP contribution < -0.4 is 10.0 Å². The van der Waals surface area contributed by atoms with Crippen molar-refractivity contribution in [3.8, 4) is 0 Å². The van der Waals surface area contributed by atoms with Gasteiger partial charge in [-0.3, -0.25) is 4.79 Å². The highest BCUT2D eigenvalue weighted by Crippen LogP contribution is 2.24. The van der Waals surface area contributed by atoms with Gasteiger partial charge in [0.25, 0.3) is 0 Å². The molecular weight excluding hydrogens is 412 g/mol. The van der Waals surface area contributed by atoms with Crippen molar-refractivity contribution in [2.75, 3.05) is 13.1 Å². The maximum Gasteiger partial charge on any atom is 0.240 e. The zero-order valence-electron chi connectivity index (χ0n) is 17.7. The van der Waals surface area contributed by atoms with Crippen LogP contribution in [-0.2, 0) is 34.2 Å². The van der Waals surface area contributed by atoms with Crippen LogP contribution >= 0.6 is 0 Å². The molecule has 0 bridgehead atoms. The van der Waals surface area contributed by atoms with Crippen LogP contribution in [0.15, 0.2) is 47.4 Å². The summed E-state index contributed by atoms with van der Waals surface area (Å²) in [6.07, 6.45) is 4.28. The van der Waals surface area contributed by atoms with Gasteiger partial charge in [-0.25, -0.2) is 18.1 Å². The molecule has 0 atom stereocenters. The Balaban J connectivity index is 1.26. The number of benzene rings is 2. The zero-order valence-corrected chi connectivity index (χ0v) is 18.5. The predicted octanol–water partition coefficient (Wildman–Crippen LogP) is 2.71. The van der Waals surface area contributed by atoms with Gasteiger partial charge in [0.1, 0.15) is 5.82 Å². The molecule has 1 aromatic heterocycles. The molecule has 1 amide bonds. The average Bonchev–Trinajstić information content (AvgIpc) is 3.08. The van der Waals surface area contributed by atoms with E-state index in [1.165, 1.54) is 5.56 Å². The lowest BCUT2D eigenvalue weighted by atomic mass is 9.92. The first kappa shape index (κ1) is 21.5. The number of hydrogen-bond donors (Lipinski definition) is 2. The molecule has 1 heterocycles. The molecule has 2 aromatic carbocycles. The molecular formula is C23H28N4O3S. The van der Waals surface area contributed by atoms with Gasteiger partial charge in [-0.2, -0.15) is 0 Å². The lowest BCUT2D eigenvalue weighted by molar-refractivity contribution is -0.120. The summed E-state index contributed by atoms with van der Waals surface area (Å²) in [7, 11) is -3.62. The summed E-state index contributed by atoms with van der Waals surface area (Å²) in [6, 6.07) is 13.2. The number of carbonyl (C=O) groups is 1. The van der Waals surface area contributed by atoms with E-state index in [1.54, 1.807) is 12.1 Å². The lowest BCUT2D eigenvalue weighted by Crippen LogP contribution is -2.32. The minimum absolute atomic E-state index is 0.0677. The van der Waals surface area contributed by atoms with Crippen LogP contribution in [0.1, 0.15) is 36.2 Å². The first-order chi connectivity index (χ1) is 14.9. The first-order valence-corrected chi connectivity index (χ1v) is 12.2. The third kappa shape index (κ3) is 4.97. The van der Waals surface area contributed by atoms with Crippen molar-refractivity contribution in [1.29, 1.82) is 0 Å². The quantitative estimate of drug-likeness (QED) is 0.563. The molecule has 7 nitrogen and oxygen atoms in total. The van der Waals surface area contributed by atoms with E-state index in [4.69, 9.17) is 0 Å². The number of aromatic nitrogens is 2. The minimum atomic E-state index is -3.62. The molecule has 31 heavy (non-hydrogen) atoms. The number of carbonyl (C=O) groups excluding carboxylic acids is 1. The first-order valence-electron chi connectivity index (χ1n) is 10.7. The molecule has 1 aliphatic rings. The zero-order chi connectivity index (χ0) is 21.8. The highest BCUT2D eigenvalue weighted by molar-refractivity contribution is 7.89. The average molecular weight is 441 g/mol. The Labute approximate surface area is 182 Å². The Kier molecular flexibility index (Phi) is 6.38. The lowest BCUT2D eigenvalue weighted by Gasteiger charge is -2.16. The topological polar surface area (TPSA) is 93.1 Å². The van der Waals surface area contributed by atoms with E-state index in [2.05, 4.69) is 19.6 Å². The molecule has 0 unspecified atom stereocenters. The Hall–Kier alpha value is -2.71. The van der Waals surface area contributed by atoms with Gasteiger partial charge in [-0.15, -0.1) is 0 Å². The fourth-order valence-corrected chi connectivity index (χ4v) is 5.21. The number of para-hydroxylation sites is 2. The molecule has 0 radical (unpaired) electrons. The Bertz CT molecular complexity index is 1200. The van der Waals surface area contributed by atoms with E-state index < -0.39 is 10.0 Å². The number of rotatable bonds is 8. The number of hydrogen-bond acceptors (Lipinski definition) is 4. The maximum atomic E-state index is 12.6. The summed E-state index contributed by atoms with van der Waals surface area (Å²) in [5.41, 5.74) is 4.33. The number of nitrogens with zero attached hydrogens (tertiary/aromatic N) is 2. The molecule has 164 valence electrons. The van der Waals surface area contributed by atoms with Crippen LogP contribution in [0.4, 0.5) is 0 Å². The summed E-state index contributed by atoms with van der Waals surface area (Å²) in [5, 5.41) is 2.86. The van der Waals surface area contributed by atoms with Gasteiger partial charge in [0.05, 0.1) is 15.9 Å². The summed E-state index contributed by atoms with van der Waals surface area (Å²) in [6.45, 7) is 3.08. The maximum absolute atomic E-state index is 12.6. The van der Waals surface area contributed by atoms with Gasteiger partial charge in [0.15, 0.2) is 0 Å². The van der Waals surface area contributed by atoms with Gasteiger partial charge in [0.2, 0.25) is 15.9 Å². The molecule has 2 N–H and O–H groups in total. The normalized spacial score (nSPS) is 13.8. The van der Waals surface area contributed by atoms with Gasteiger partial charge < -0.3 is 9.88 Å². The second-order valence-electron chi connectivity index (χ2n) is 7.93. The van der Waals surface area contributed by atoms with Gasteiger partial charge >= 0.3 is 0 Å². The van der Waals surface area contributed by atoms with Crippen LogP contribution in [0.3, 0.4) is 0 Å². The Morgan fingerprint density at radius 1 is 1.06 bits per heavy atom. The fraction of sp³-hybridized carbons (Fsp3) is 0.391. The van der Waals surface area contributed by atoms with E-state index in [9.17, 15) is 13.2 Å². The number of imidazole rings is 1. The number of nitrogens with one attached hydrogen (secondary N) is 2. The second-order valence-corrected chi connectivity index (χ2v) is 9.70. The van der Waals surface area contributed by atoms with Crippen LogP contribution in [-0.4, -0.2) is 37.0 Å². The van der Waals surface area contributed by atoms with E-state index in [1.807, 2.05) is 37.3 Å². The van der Waals surface area contributed by atoms with E-state index in [0.717, 1.165) is 48.1 Å². The Morgan fingerprint density at radius 2 is 1.84 bits per heavy atom. The van der Waals surface area contributed by atoms with Crippen molar-refractivity contribution in [3.05, 3.63) is 59.4 Å². The fourth-order valence-electron chi connectivity index (χ4n) is 4.13. The summed E-state index contributed by atoms with van der Waals surface area (Å²) in [5.74, 6) is 0.712. The largest absolute Gasteiger partial charge is 0.354 e. The number of amides is 1. The number of sulfonamides is 1. The van der Waals surface area contributed by atoms with Crippen LogP contribution in [0.25, 0.3) is 11.0 Å². The molecule has 8 heteroatoms. The molecule has 1 aliphatic carbocycles. The molecule has 0 saturated heterocycles. The van der Waals surface area contributed by atoms with Gasteiger partial charge in [0, 0.05) is 26.1 Å². The SMILES string of the molecule is Cc1nc2ccccc2n1CCNC(=O)CCNS(=O)(=O)c1ccc2c(c1)CCCC2. The molecule has 0 aliphatic heterocycles. The second kappa shape index (κ2) is 9.20. The summed E-state index contributed by atoms with van der Waals surface area (Å²) in [4.78, 5) is 17.0. The van der Waals surface area contributed by atoms with Crippen LogP contribution in [0.5, 0.6) is 0 Å². The molecule has 4 rings (SSSR count).